The van der Waals surface area contributed by atoms with Gasteiger partial charge in [-0.25, -0.2) is 13.4 Å². The van der Waals surface area contributed by atoms with Crippen LogP contribution < -0.4 is 13.9 Å². The van der Waals surface area contributed by atoms with E-state index in [4.69, 9.17) is 14.5 Å². The molecule has 210 valence electrons. The van der Waals surface area contributed by atoms with Gasteiger partial charge in [-0.15, -0.1) is 0 Å². The number of hydrogen-bond donors (Lipinski definition) is 0. The number of anilines is 2. The van der Waals surface area contributed by atoms with E-state index >= 15 is 0 Å². The third-order valence-corrected chi connectivity index (χ3v) is 9.74. The fourth-order valence-electron chi connectivity index (χ4n) is 4.56. The first-order valence-electron chi connectivity index (χ1n) is 13.1. The van der Waals surface area contributed by atoms with E-state index in [0.717, 1.165) is 55.2 Å². The molecule has 0 N–H and O–H groups in total. The number of aromatic nitrogens is 1. The molecule has 0 atom stereocenters. The van der Waals surface area contributed by atoms with Crippen molar-refractivity contribution in [1.29, 1.82) is 0 Å². The molecule has 1 amide bonds. The molecule has 3 aromatic carbocycles. The largest absolute Gasteiger partial charge is 0.497 e. The van der Waals surface area contributed by atoms with E-state index in [9.17, 15) is 13.2 Å². The van der Waals surface area contributed by atoms with Crippen molar-refractivity contribution >= 4 is 48.3 Å². The lowest BCUT2D eigenvalue weighted by molar-refractivity contribution is 0.0376. The van der Waals surface area contributed by atoms with E-state index in [1.807, 2.05) is 24.3 Å². The van der Waals surface area contributed by atoms with E-state index < -0.39 is 10.0 Å². The summed E-state index contributed by atoms with van der Waals surface area (Å²) in [6.45, 7) is 4.51. The Morgan fingerprint density at radius 3 is 2.48 bits per heavy atom. The molecule has 0 saturated carbocycles. The summed E-state index contributed by atoms with van der Waals surface area (Å²) in [5.41, 5.74) is 1.74. The Morgan fingerprint density at radius 1 is 1.05 bits per heavy atom. The molecule has 4 aromatic rings. The standard InChI is InChI=1S/C29H32N4O5S2/c1-31(23-7-4-3-5-8-23)40(35,36)25-12-9-22(10-13-25)28(34)33(16-6-15-32-17-19-38-20-18-32)29-30-26-14-11-24(37-2)21-27(26)39-29/h3-5,7-14,21H,6,15-20H2,1-2H3. The van der Waals surface area contributed by atoms with Crippen molar-refractivity contribution in [2.45, 2.75) is 11.3 Å². The lowest BCUT2D eigenvalue weighted by Gasteiger charge is -2.27. The van der Waals surface area contributed by atoms with Crippen molar-refractivity contribution in [1.82, 2.24) is 9.88 Å². The molecule has 9 nitrogen and oxygen atoms in total. The Morgan fingerprint density at radius 2 is 1.77 bits per heavy atom. The molecular formula is C29H32N4O5S2. The van der Waals surface area contributed by atoms with Gasteiger partial charge in [-0.05, 0) is 61.0 Å². The SMILES string of the molecule is COc1ccc2nc(N(CCCN3CCOCC3)C(=O)c3ccc(S(=O)(=O)N(C)c4ccccc4)cc3)sc2c1. The lowest BCUT2D eigenvalue weighted by Crippen LogP contribution is -2.39. The zero-order valence-corrected chi connectivity index (χ0v) is 24.2. The number of fused-ring (bicyclic) bond motifs is 1. The summed E-state index contributed by atoms with van der Waals surface area (Å²) in [7, 11) is -0.654. The van der Waals surface area contributed by atoms with Gasteiger partial charge in [0.25, 0.3) is 15.9 Å². The number of rotatable bonds is 10. The molecule has 1 aromatic heterocycles. The molecule has 1 fully saturated rings. The summed E-state index contributed by atoms with van der Waals surface area (Å²) in [5, 5.41) is 0.593. The van der Waals surface area contributed by atoms with Crippen LogP contribution in [-0.2, 0) is 14.8 Å². The molecule has 0 aliphatic carbocycles. The molecule has 1 aliphatic heterocycles. The summed E-state index contributed by atoms with van der Waals surface area (Å²) < 4.78 is 39.4. The van der Waals surface area contributed by atoms with Gasteiger partial charge in [0.15, 0.2) is 5.13 Å². The van der Waals surface area contributed by atoms with Crippen LogP contribution in [0, 0.1) is 0 Å². The first kappa shape index (κ1) is 28.0. The number of ether oxygens (including phenoxy) is 2. The number of hydrogen-bond acceptors (Lipinski definition) is 8. The average Bonchev–Trinajstić information content (AvgIpc) is 3.42. The van der Waals surface area contributed by atoms with Gasteiger partial charge < -0.3 is 9.47 Å². The molecule has 11 heteroatoms. The molecule has 0 unspecified atom stereocenters. The number of benzene rings is 3. The van der Waals surface area contributed by atoms with Crippen molar-refractivity contribution in [3.63, 3.8) is 0 Å². The van der Waals surface area contributed by atoms with E-state index in [0.29, 0.717) is 22.9 Å². The van der Waals surface area contributed by atoms with Crippen molar-refractivity contribution in [2.75, 3.05) is 62.8 Å². The number of thiazole rings is 1. The molecule has 0 radical (unpaired) electrons. The first-order valence-corrected chi connectivity index (χ1v) is 15.3. The van der Waals surface area contributed by atoms with E-state index in [1.54, 1.807) is 48.4 Å². The summed E-state index contributed by atoms with van der Waals surface area (Å²) in [6.07, 6.45) is 0.763. The maximum atomic E-state index is 13.8. The minimum Gasteiger partial charge on any atom is -0.497 e. The normalized spacial score (nSPS) is 14.2. The van der Waals surface area contributed by atoms with Crippen LogP contribution >= 0.6 is 11.3 Å². The first-order chi connectivity index (χ1) is 19.4. The number of nitrogens with zero attached hydrogens (tertiary/aromatic N) is 4. The number of sulfonamides is 1. The van der Waals surface area contributed by atoms with Crippen LogP contribution in [0.4, 0.5) is 10.8 Å². The van der Waals surface area contributed by atoms with Gasteiger partial charge in [0.2, 0.25) is 0 Å². The minimum absolute atomic E-state index is 0.112. The van der Waals surface area contributed by atoms with Gasteiger partial charge in [-0.1, -0.05) is 29.5 Å². The van der Waals surface area contributed by atoms with Crippen LogP contribution in [-0.4, -0.2) is 77.8 Å². The van der Waals surface area contributed by atoms with Gasteiger partial charge in [0.05, 0.1) is 41.1 Å². The van der Waals surface area contributed by atoms with Crippen molar-refractivity contribution in [3.8, 4) is 5.75 Å². The number of para-hydroxylation sites is 1. The summed E-state index contributed by atoms with van der Waals surface area (Å²) >= 11 is 1.43. The Hall–Kier alpha value is -3.51. The highest BCUT2D eigenvalue weighted by Gasteiger charge is 2.25. The maximum absolute atomic E-state index is 13.8. The number of morpholine rings is 1. The van der Waals surface area contributed by atoms with E-state index in [2.05, 4.69) is 4.90 Å². The van der Waals surface area contributed by atoms with Crippen molar-refractivity contribution < 1.29 is 22.7 Å². The zero-order chi connectivity index (χ0) is 28.1. The second-order valence-corrected chi connectivity index (χ2v) is 12.4. The van der Waals surface area contributed by atoms with Crippen LogP contribution in [0.3, 0.4) is 0 Å². The predicted molar refractivity (Wildman–Crippen MR) is 158 cm³/mol. The summed E-state index contributed by atoms with van der Waals surface area (Å²) in [4.78, 5) is 22.7. The number of carbonyl (C=O) groups excluding carboxylic acids is 1. The smallest absolute Gasteiger partial charge is 0.264 e. The second-order valence-electron chi connectivity index (χ2n) is 9.43. The third-order valence-electron chi connectivity index (χ3n) is 6.90. The van der Waals surface area contributed by atoms with Crippen LogP contribution in [0.25, 0.3) is 10.2 Å². The molecular weight excluding hydrogens is 548 g/mol. The van der Waals surface area contributed by atoms with Crippen molar-refractivity contribution in [2.24, 2.45) is 0 Å². The maximum Gasteiger partial charge on any atom is 0.264 e. The Balaban J connectivity index is 1.39. The number of methoxy groups -OCH3 is 1. The molecule has 0 spiro atoms. The quantitative estimate of drug-likeness (QED) is 0.273. The molecule has 1 saturated heterocycles. The zero-order valence-electron chi connectivity index (χ0n) is 22.5. The Labute approximate surface area is 238 Å². The summed E-state index contributed by atoms with van der Waals surface area (Å²) in [5.74, 6) is 0.499. The molecule has 2 heterocycles. The topological polar surface area (TPSA) is 92.3 Å². The van der Waals surface area contributed by atoms with E-state index in [-0.39, 0.29) is 10.8 Å². The van der Waals surface area contributed by atoms with Crippen LogP contribution in [0.1, 0.15) is 16.8 Å². The van der Waals surface area contributed by atoms with Gasteiger partial charge in [-0.3, -0.25) is 18.9 Å². The van der Waals surface area contributed by atoms with Crippen molar-refractivity contribution in [3.05, 3.63) is 78.4 Å². The van der Waals surface area contributed by atoms with Gasteiger partial charge in [0.1, 0.15) is 5.75 Å². The van der Waals surface area contributed by atoms with Crippen LogP contribution in [0.15, 0.2) is 77.7 Å². The van der Waals surface area contributed by atoms with E-state index in [1.165, 1.54) is 34.8 Å². The Bertz CT molecular complexity index is 1550. The second kappa shape index (κ2) is 12.3. The van der Waals surface area contributed by atoms with Gasteiger partial charge in [-0.2, -0.15) is 0 Å². The Kier molecular flexibility index (Phi) is 8.65. The average molecular weight is 581 g/mol. The van der Waals surface area contributed by atoms with Gasteiger partial charge in [0, 0.05) is 38.8 Å². The number of carbonyl (C=O) groups is 1. The summed E-state index contributed by atoms with van der Waals surface area (Å²) in [6, 6.07) is 20.6. The van der Waals surface area contributed by atoms with Gasteiger partial charge >= 0.3 is 0 Å². The molecule has 5 rings (SSSR count). The molecule has 40 heavy (non-hydrogen) atoms. The van der Waals surface area contributed by atoms with Crippen LogP contribution in [0.2, 0.25) is 0 Å². The molecule has 0 bridgehead atoms. The fourth-order valence-corrected chi connectivity index (χ4v) is 6.77. The number of amides is 1. The fraction of sp³-hybridized carbons (Fsp3) is 0.310. The van der Waals surface area contributed by atoms with Crippen LogP contribution in [0.5, 0.6) is 5.75 Å². The highest BCUT2D eigenvalue weighted by Crippen LogP contribution is 2.32. The minimum atomic E-state index is -3.79. The highest BCUT2D eigenvalue weighted by atomic mass is 32.2. The third kappa shape index (κ3) is 6.12. The predicted octanol–water partition coefficient (Wildman–Crippen LogP) is 4.50. The highest BCUT2D eigenvalue weighted by molar-refractivity contribution is 7.92. The molecule has 1 aliphatic rings. The lowest BCUT2D eigenvalue weighted by atomic mass is 10.2. The monoisotopic (exact) mass is 580 g/mol.